The van der Waals surface area contributed by atoms with Gasteiger partial charge in [-0.1, -0.05) is 12.1 Å². The standard InChI is InChI=1S/C20H24FN3O3S/c1-28-14-8-16(22-19(25)18-7-4-13-27-18)20(26)24-11-9-23(10-12-24)17-6-3-2-5-15(17)21/h2-7,13,16H,8-12,14H2,1H3,(H,22,25). The van der Waals surface area contributed by atoms with E-state index >= 15 is 0 Å². The first-order chi connectivity index (χ1) is 13.6. The molecule has 0 saturated carbocycles. The minimum atomic E-state index is -0.606. The number of thioether (sulfide) groups is 1. The highest BCUT2D eigenvalue weighted by Gasteiger charge is 2.29. The molecule has 1 aromatic heterocycles. The smallest absolute Gasteiger partial charge is 0.287 e. The second-order valence-corrected chi connectivity index (χ2v) is 7.53. The van der Waals surface area contributed by atoms with Crippen molar-refractivity contribution in [3.05, 3.63) is 54.2 Å². The van der Waals surface area contributed by atoms with Gasteiger partial charge in [0.1, 0.15) is 11.9 Å². The van der Waals surface area contributed by atoms with Crippen molar-refractivity contribution < 1.29 is 18.4 Å². The first-order valence-corrected chi connectivity index (χ1v) is 10.6. The van der Waals surface area contributed by atoms with Gasteiger partial charge in [-0.25, -0.2) is 4.39 Å². The molecule has 0 spiro atoms. The summed E-state index contributed by atoms with van der Waals surface area (Å²) >= 11 is 1.62. The Hall–Kier alpha value is -2.48. The van der Waals surface area contributed by atoms with Crippen molar-refractivity contribution in [2.45, 2.75) is 12.5 Å². The molecule has 0 radical (unpaired) electrons. The number of hydrogen-bond acceptors (Lipinski definition) is 5. The van der Waals surface area contributed by atoms with E-state index in [0.717, 1.165) is 5.75 Å². The first-order valence-electron chi connectivity index (χ1n) is 9.21. The summed E-state index contributed by atoms with van der Waals surface area (Å²) < 4.78 is 19.1. The molecule has 2 amide bonds. The fourth-order valence-corrected chi connectivity index (χ4v) is 3.70. The lowest BCUT2D eigenvalue weighted by Crippen LogP contribution is -2.55. The van der Waals surface area contributed by atoms with Crippen molar-refractivity contribution in [1.82, 2.24) is 10.2 Å². The summed E-state index contributed by atoms with van der Waals surface area (Å²) in [4.78, 5) is 29.0. The summed E-state index contributed by atoms with van der Waals surface area (Å²) in [6.07, 6.45) is 3.93. The summed E-state index contributed by atoms with van der Waals surface area (Å²) in [6, 6.07) is 9.25. The molecule has 1 aromatic carbocycles. The van der Waals surface area contributed by atoms with Crippen LogP contribution in [0.15, 0.2) is 47.1 Å². The zero-order valence-corrected chi connectivity index (χ0v) is 16.6. The van der Waals surface area contributed by atoms with Crippen LogP contribution in [0.3, 0.4) is 0 Å². The molecule has 1 atom stereocenters. The SMILES string of the molecule is CSCCC(NC(=O)c1ccco1)C(=O)N1CCN(c2ccccc2F)CC1. The predicted octanol–water partition coefficient (Wildman–Crippen LogP) is 2.62. The van der Waals surface area contributed by atoms with Crippen LogP contribution in [0.2, 0.25) is 0 Å². The molecule has 6 nitrogen and oxygen atoms in total. The third kappa shape index (κ3) is 4.86. The summed E-state index contributed by atoms with van der Waals surface area (Å²) in [6.45, 7) is 2.07. The number of carbonyl (C=O) groups excluding carboxylic acids is 2. The van der Waals surface area contributed by atoms with E-state index in [1.165, 1.54) is 12.3 Å². The van der Waals surface area contributed by atoms with E-state index in [1.807, 2.05) is 11.2 Å². The number of nitrogens with zero attached hydrogens (tertiary/aromatic N) is 2. The van der Waals surface area contributed by atoms with E-state index in [9.17, 15) is 14.0 Å². The number of carbonyl (C=O) groups is 2. The van der Waals surface area contributed by atoms with E-state index in [0.29, 0.717) is 38.3 Å². The number of benzene rings is 1. The molecule has 150 valence electrons. The fourth-order valence-electron chi connectivity index (χ4n) is 3.23. The van der Waals surface area contributed by atoms with Gasteiger partial charge in [0.25, 0.3) is 5.91 Å². The minimum Gasteiger partial charge on any atom is -0.459 e. The van der Waals surface area contributed by atoms with Crippen LogP contribution in [-0.4, -0.2) is 60.9 Å². The number of amides is 2. The van der Waals surface area contributed by atoms with E-state index in [1.54, 1.807) is 47.0 Å². The zero-order chi connectivity index (χ0) is 19.9. The van der Waals surface area contributed by atoms with Gasteiger partial charge in [-0.3, -0.25) is 9.59 Å². The molecular formula is C20H24FN3O3S. The molecule has 1 unspecified atom stereocenters. The number of para-hydroxylation sites is 1. The van der Waals surface area contributed by atoms with Gasteiger partial charge in [-0.05, 0) is 42.7 Å². The van der Waals surface area contributed by atoms with Crippen LogP contribution in [0.1, 0.15) is 17.0 Å². The van der Waals surface area contributed by atoms with Gasteiger partial charge in [-0.15, -0.1) is 0 Å². The van der Waals surface area contributed by atoms with Crippen LogP contribution in [0.5, 0.6) is 0 Å². The normalized spacial score (nSPS) is 15.4. The number of hydrogen-bond donors (Lipinski definition) is 1. The van der Waals surface area contributed by atoms with Crippen LogP contribution in [0.4, 0.5) is 10.1 Å². The number of nitrogens with one attached hydrogen (secondary N) is 1. The first kappa shape index (κ1) is 20.3. The number of anilines is 1. The molecule has 2 aromatic rings. The Morgan fingerprint density at radius 2 is 1.93 bits per heavy atom. The van der Waals surface area contributed by atoms with Crippen molar-refractivity contribution in [3.63, 3.8) is 0 Å². The maximum absolute atomic E-state index is 14.0. The Balaban J connectivity index is 1.61. The molecule has 1 fully saturated rings. The van der Waals surface area contributed by atoms with Gasteiger partial charge >= 0.3 is 0 Å². The van der Waals surface area contributed by atoms with Crippen molar-refractivity contribution in [1.29, 1.82) is 0 Å². The van der Waals surface area contributed by atoms with E-state index < -0.39 is 11.9 Å². The van der Waals surface area contributed by atoms with Gasteiger partial charge in [0.15, 0.2) is 5.76 Å². The van der Waals surface area contributed by atoms with Crippen molar-refractivity contribution in [2.24, 2.45) is 0 Å². The molecule has 2 heterocycles. The Bertz CT molecular complexity index is 792. The highest BCUT2D eigenvalue weighted by atomic mass is 32.2. The highest BCUT2D eigenvalue weighted by molar-refractivity contribution is 7.98. The maximum atomic E-state index is 14.0. The van der Waals surface area contributed by atoms with Crippen molar-refractivity contribution >= 4 is 29.3 Å². The zero-order valence-electron chi connectivity index (χ0n) is 15.8. The summed E-state index contributed by atoms with van der Waals surface area (Å²) in [5, 5.41) is 2.79. The lowest BCUT2D eigenvalue weighted by atomic mass is 10.1. The number of rotatable bonds is 7. The Morgan fingerprint density at radius 1 is 1.18 bits per heavy atom. The number of piperazine rings is 1. The van der Waals surface area contributed by atoms with E-state index in [2.05, 4.69) is 5.32 Å². The molecule has 0 bridgehead atoms. The second-order valence-electron chi connectivity index (χ2n) is 6.55. The van der Waals surface area contributed by atoms with Gasteiger partial charge in [0.2, 0.25) is 5.91 Å². The number of furan rings is 1. The molecule has 1 aliphatic heterocycles. The molecular weight excluding hydrogens is 381 g/mol. The van der Waals surface area contributed by atoms with Crippen LogP contribution >= 0.6 is 11.8 Å². The molecule has 28 heavy (non-hydrogen) atoms. The van der Waals surface area contributed by atoms with E-state index in [4.69, 9.17) is 4.42 Å². The topological polar surface area (TPSA) is 65.8 Å². The lowest BCUT2D eigenvalue weighted by Gasteiger charge is -2.37. The average molecular weight is 405 g/mol. The summed E-state index contributed by atoms with van der Waals surface area (Å²) in [5.74, 6) is 0.179. The molecule has 1 N–H and O–H groups in total. The molecule has 1 saturated heterocycles. The van der Waals surface area contributed by atoms with E-state index in [-0.39, 0.29) is 17.5 Å². The fraction of sp³-hybridized carbons (Fsp3) is 0.400. The van der Waals surface area contributed by atoms with Crippen LogP contribution < -0.4 is 10.2 Å². The average Bonchev–Trinajstić information content (AvgIpc) is 3.26. The Morgan fingerprint density at radius 3 is 2.57 bits per heavy atom. The molecule has 3 rings (SSSR count). The summed E-state index contributed by atoms with van der Waals surface area (Å²) in [7, 11) is 0. The monoisotopic (exact) mass is 405 g/mol. The number of halogens is 1. The Labute approximate surface area is 168 Å². The third-order valence-corrected chi connectivity index (χ3v) is 5.39. The minimum absolute atomic E-state index is 0.109. The van der Waals surface area contributed by atoms with Crippen molar-refractivity contribution in [3.8, 4) is 0 Å². The van der Waals surface area contributed by atoms with Crippen LogP contribution in [-0.2, 0) is 4.79 Å². The highest BCUT2D eigenvalue weighted by Crippen LogP contribution is 2.20. The quantitative estimate of drug-likeness (QED) is 0.767. The summed E-state index contributed by atoms with van der Waals surface area (Å²) in [5.41, 5.74) is 0.555. The third-order valence-electron chi connectivity index (χ3n) is 4.74. The van der Waals surface area contributed by atoms with Gasteiger partial charge < -0.3 is 19.5 Å². The van der Waals surface area contributed by atoms with Gasteiger partial charge in [0, 0.05) is 26.2 Å². The molecule has 8 heteroatoms. The Kier molecular flexibility index (Phi) is 6.97. The van der Waals surface area contributed by atoms with Crippen LogP contribution in [0, 0.1) is 5.82 Å². The largest absolute Gasteiger partial charge is 0.459 e. The maximum Gasteiger partial charge on any atom is 0.287 e. The van der Waals surface area contributed by atoms with Crippen LogP contribution in [0.25, 0.3) is 0 Å². The van der Waals surface area contributed by atoms with Gasteiger partial charge in [0.05, 0.1) is 12.0 Å². The molecule has 0 aliphatic carbocycles. The second kappa shape index (κ2) is 9.64. The van der Waals surface area contributed by atoms with Gasteiger partial charge in [-0.2, -0.15) is 11.8 Å². The predicted molar refractivity (Wildman–Crippen MR) is 108 cm³/mol. The lowest BCUT2D eigenvalue weighted by molar-refractivity contribution is -0.133. The molecule has 1 aliphatic rings. The van der Waals surface area contributed by atoms with Crippen molar-refractivity contribution in [2.75, 3.05) is 43.1 Å².